The molecule has 0 aliphatic rings. The Hall–Kier alpha value is -2.27. The Labute approximate surface area is 127 Å². The van der Waals surface area contributed by atoms with E-state index in [1.165, 1.54) is 0 Å². The zero-order valence-electron chi connectivity index (χ0n) is 11.6. The summed E-state index contributed by atoms with van der Waals surface area (Å²) in [5, 5.41) is 12.1. The van der Waals surface area contributed by atoms with E-state index in [1.807, 2.05) is 6.92 Å². The Balaban J connectivity index is 2.30. The van der Waals surface area contributed by atoms with Crippen molar-refractivity contribution in [2.24, 2.45) is 7.05 Å². The lowest BCUT2D eigenvalue weighted by molar-refractivity contribution is -0.139. The van der Waals surface area contributed by atoms with E-state index in [2.05, 4.69) is 5.32 Å². The van der Waals surface area contributed by atoms with Gasteiger partial charge >= 0.3 is 5.97 Å². The van der Waals surface area contributed by atoms with Gasteiger partial charge in [0.2, 0.25) is 0 Å². The fraction of sp³-hybridized carbons (Fsp3) is 0.200. The summed E-state index contributed by atoms with van der Waals surface area (Å²) in [6.07, 6.45) is 0. The van der Waals surface area contributed by atoms with Crippen LogP contribution in [0.3, 0.4) is 0 Å². The lowest BCUT2D eigenvalue weighted by Crippen LogP contribution is -2.34. The van der Waals surface area contributed by atoms with Crippen LogP contribution in [-0.2, 0) is 11.8 Å². The molecule has 0 fully saturated rings. The number of carbonyl (C=O) groups excluding carboxylic acids is 1. The van der Waals surface area contributed by atoms with Gasteiger partial charge in [-0.2, -0.15) is 0 Å². The van der Waals surface area contributed by atoms with E-state index in [1.54, 1.807) is 48.0 Å². The minimum absolute atomic E-state index is 0.299. The number of benzene rings is 1. The van der Waals surface area contributed by atoms with Gasteiger partial charge in [0.1, 0.15) is 5.69 Å². The number of carboxylic acid groups (broad SMARTS) is 1. The highest BCUT2D eigenvalue weighted by Gasteiger charge is 2.25. The van der Waals surface area contributed by atoms with Gasteiger partial charge in [-0.1, -0.05) is 29.8 Å². The Morgan fingerprint density at radius 1 is 1.24 bits per heavy atom. The van der Waals surface area contributed by atoms with E-state index in [0.717, 1.165) is 5.69 Å². The molecule has 0 bridgehead atoms. The molecule has 2 N–H and O–H groups in total. The topological polar surface area (TPSA) is 71.3 Å². The molecule has 1 amide bonds. The number of hydrogen-bond donors (Lipinski definition) is 2. The van der Waals surface area contributed by atoms with Crippen molar-refractivity contribution in [1.82, 2.24) is 9.88 Å². The van der Waals surface area contributed by atoms with E-state index in [9.17, 15) is 14.7 Å². The van der Waals surface area contributed by atoms with Crippen LogP contribution in [0, 0.1) is 6.92 Å². The third-order valence-electron chi connectivity index (χ3n) is 3.34. The number of carboxylic acids is 1. The summed E-state index contributed by atoms with van der Waals surface area (Å²) in [5.41, 5.74) is 1.65. The van der Waals surface area contributed by atoms with Crippen molar-refractivity contribution in [2.45, 2.75) is 13.0 Å². The minimum Gasteiger partial charge on any atom is -0.479 e. The van der Waals surface area contributed by atoms with E-state index >= 15 is 0 Å². The SMILES string of the molecule is Cc1ccc(C(=O)N[C@@H](C(=O)O)c2ccccc2Cl)n1C. The first-order chi connectivity index (χ1) is 9.91. The van der Waals surface area contributed by atoms with Gasteiger partial charge < -0.3 is 15.0 Å². The third-order valence-corrected chi connectivity index (χ3v) is 3.69. The predicted molar refractivity (Wildman–Crippen MR) is 79.4 cm³/mol. The first-order valence-electron chi connectivity index (χ1n) is 6.32. The first kappa shape index (κ1) is 15.1. The van der Waals surface area contributed by atoms with Gasteiger partial charge in [-0.15, -0.1) is 0 Å². The summed E-state index contributed by atoms with van der Waals surface area (Å²) in [7, 11) is 1.75. The van der Waals surface area contributed by atoms with Gasteiger partial charge in [-0.05, 0) is 25.1 Å². The van der Waals surface area contributed by atoms with Crippen molar-refractivity contribution in [3.63, 3.8) is 0 Å². The lowest BCUT2D eigenvalue weighted by atomic mass is 10.1. The quantitative estimate of drug-likeness (QED) is 0.912. The molecule has 0 unspecified atom stereocenters. The summed E-state index contributed by atoms with van der Waals surface area (Å²) in [6.45, 7) is 1.86. The van der Waals surface area contributed by atoms with E-state index in [4.69, 9.17) is 11.6 Å². The Morgan fingerprint density at radius 3 is 2.43 bits per heavy atom. The molecule has 5 nitrogen and oxygen atoms in total. The zero-order chi connectivity index (χ0) is 15.6. The summed E-state index contributed by atoms with van der Waals surface area (Å²) in [5.74, 6) is -1.62. The molecule has 6 heteroatoms. The molecule has 0 radical (unpaired) electrons. The second-order valence-corrected chi connectivity index (χ2v) is 5.09. The number of rotatable bonds is 4. The van der Waals surface area contributed by atoms with Gasteiger partial charge in [0.25, 0.3) is 5.91 Å². The molecule has 0 saturated carbocycles. The highest BCUT2D eigenvalue weighted by molar-refractivity contribution is 6.31. The number of aryl methyl sites for hydroxylation is 1. The number of amides is 1. The maximum absolute atomic E-state index is 12.2. The van der Waals surface area contributed by atoms with Gasteiger partial charge in [0.05, 0.1) is 0 Å². The van der Waals surface area contributed by atoms with Crippen LogP contribution >= 0.6 is 11.6 Å². The van der Waals surface area contributed by atoms with Crippen LogP contribution in [-0.4, -0.2) is 21.6 Å². The van der Waals surface area contributed by atoms with E-state index < -0.39 is 17.9 Å². The second-order valence-electron chi connectivity index (χ2n) is 4.69. The highest BCUT2D eigenvalue weighted by atomic mass is 35.5. The molecular weight excluding hydrogens is 292 g/mol. The minimum atomic E-state index is -1.19. The molecule has 0 aliphatic carbocycles. The molecule has 0 spiro atoms. The summed E-state index contributed by atoms with van der Waals surface area (Å²) in [4.78, 5) is 23.7. The highest BCUT2D eigenvalue weighted by Crippen LogP contribution is 2.23. The van der Waals surface area contributed by atoms with Crippen molar-refractivity contribution in [1.29, 1.82) is 0 Å². The van der Waals surface area contributed by atoms with Crippen molar-refractivity contribution >= 4 is 23.5 Å². The summed E-state index contributed by atoms with van der Waals surface area (Å²) < 4.78 is 1.70. The van der Waals surface area contributed by atoms with Crippen LogP contribution in [0.25, 0.3) is 0 Å². The van der Waals surface area contributed by atoms with Crippen molar-refractivity contribution < 1.29 is 14.7 Å². The summed E-state index contributed by atoms with van der Waals surface area (Å²) in [6, 6.07) is 8.80. The van der Waals surface area contributed by atoms with Crippen LogP contribution in [0.1, 0.15) is 27.8 Å². The molecule has 1 atom stereocenters. The molecule has 1 aromatic heterocycles. The van der Waals surface area contributed by atoms with Gasteiger partial charge in [0.15, 0.2) is 6.04 Å². The average molecular weight is 307 g/mol. The average Bonchev–Trinajstić information content (AvgIpc) is 2.77. The molecule has 2 aromatic rings. The Kier molecular flexibility index (Phi) is 4.33. The maximum Gasteiger partial charge on any atom is 0.330 e. The van der Waals surface area contributed by atoms with Crippen LogP contribution < -0.4 is 5.32 Å². The smallest absolute Gasteiger partial charge is 0.330 e. The van der Waals surface area contributed by atoms with E-state index in [0.29, 0.717) is 16.3 Å². The second kappa shape index (κ2) is 6.01. The van der Waals surface area contributed by atoms with Crippen LogP contribution in [0.2, 0.25) is 5.02 Å². The molecule has 110 valence electrons. The first-order valence-corrected chi connectivity index (χ1v) is 6.70. The van der Waals surface area contributed by atoms with Crippen molar-refractivity contribution in [3.05, 3.63) is 58.4 Å². The van der Waals surface area contributed by atoms with Crippen LogP contribution in [0.4, 0.5) is 0 Å². The largest absolute Gasteiger partial charge is 0.479 e. The standard InChI is InChI=1S/C15H15ClN2O3/c1-9-7-8-12(18(9)2)14(19)17-13(15(20)21)10-5-3-4-6-11(10)16/h3-8,13H,1-2H3,(H,17,19)(H,20,21)/t13-/m1/s1. The number of nitrogens with one attached hydrogen (secondary N) is 1. The zero-order valence-corrected chi connectivity index (χ0v) is 12.4. The maximum atomic E-state index is 12.2. The van der Waals surface area contributed by atoms with Gasteiger partial charge in [0, 0.05) is 23.3 Å². The number of aliphatic carboxylic acids is 1. The van der Waals surface area contributed by atoms with E-state index in [-0.39, 0.29) is 0 Å². The molecule has 2 rings (SSSR count). The molecular formula is C15H15ClN2O3. The predicted octanol–water partition coefficient (Wildman–Crippen LogP) is 2.54. The number of hydrogen-bond acceptors (Lipinski definition) is 2. The van der Waals surface area contributed by atoms with Crippen LogP contribution in [0.15, 0.2) is 36.4 Å². The molecule has 0 saturated heterocycles. The number of halogens is 1. The van der Waals surface area contributed by atoms with Gasteiger partial charge in [-0.25, -0.2) is 4.79 Å². The Bertz CT molecular complexity index is 694. The molecule has 1 aromatic carbocycles. The number of carbonyl (C=O) groups is 2. The molecule has 1 heterocycles. The van der Waals surface area contributed by atoms with Crippen LogP contribution in [0.5, 0.6) is 0 Å². The fourth-order valence-electron chi connectivity index (χ4n) is 2.03. The Morgan fingerprint density at radius 2 is 1.90 bits per heavy atom. The molecule has 21 heavy (non-hydrogen) atoms. The third kappa shape index (κ3) is 3.08. The fourth-order valence-corrected chi connectivity index (χ4v) is 2.27. The number of aromatic nitrogens is 1. The van der Waals surface area contributed by atoms with Crippen molar-refractivity contribution in [3.8, 4) is 0 Å². The van der Waals surface area contributed by atoms with Gasteiger partial charge in [-0.3, -0.25) is 4.79 Å². The monoisotopic (exact) mass is 306 g/mol. The summed E-state index contributed by atoms with van der Waals surface area (Å²) >= 11 is 6.01. The molecule has 0 aliphatic heterocycles. The number of nitrogens with zero attached hydrogens (tertiary/aromatic N) is 1. The van der Waals surface area contributed by atoms with Crippen molar-refractivity contribution in [2.75, 3.05) is 0 Å². The lowest BCUT2D eigenvalue weighted by Gasteiger charge is -2.16. The normalized spacial score (nSPS) is 12.0.